The third-order valence-electron chi connectivity index (χ3n) is 6.35. The molecular formula is C20H28BN3O4. The molecule has 1 amide bonds. The quantitative estimate of drug-likeness (QED) is 0.744. The number of likely N-dealkylation sites (tertiary alicyclic amines) is 1. The standard InChI is InChI=1S/C20H28BN3O4/c1-19(2)20(3,4)28-21(27-19)14-8-9-16-17(11-14)24(13-22-16)15-7-6-10-23(12-15)18(25)26-5/h8-9,11,13,15H,6-7,10,12H2,1-5H3. The molecule has 0 saturated carbocycles. The van der Waals surface area contributed by atoms with Crippen molar-refractivity contribution in [2.45, 2.75) is 57.8 Å². The van der Waals surface area contributed by atoms with Crippen LogP contribution < -0.4 is 5.46 Å². The lowest BCUT2D eigenvalue weighted by Gasteiger charge is -2.32. The van der Waals surface area contributed by atoms with Gasteiger partial charge in [-0.05, 0) is 58.1 Å². The molecule has 0 spiro atoms. The summed E-state index contributed by atoms with van der Waals surface area (Å²) in [6.45, 7) is 9.57. The molecule has 2 aliphatic rings. The molecule has 0 bridgehead atoms. The number of amides is 1. The molecule has 4 rings (SSSR count). The van der Waals surface area contributed by atoms with Gasteiger partial charge in [-0.15, -0.1) is 0 Å². The second kappa shape index (κ2) is 6.78. The lowest BCUT2D eigenvalue weighted by Crippen LogP contribution is -2.41. The SMILES string of the molecule is COC(=O)N1CCCC(n2cnc3ccc(B4OC(C)(C)C(C)(C)O4)cc32)C1. The highest BCUT2D eigenvalue weighted by molar-refractivity contribution is 6.62. The van der Waals surface area contributed by atoms with Crippen molar-refractivity contribution < 1.29 is 18.8 Å². The Kier molecular flexibility index (Phi) is 4.66. The Morgan fingerprint density at radius 2 is 1.96 bits per heavy atom. The van der Waals surface area contributed by atoms with Gasteiger partial charge in [0.05, 0.1) is 41.7 Å². The summed E-state index contributed by atoms with van der Waals surface area (Å²) in [5.41, 5.74) is 2.18. The summed E-state index contributed by atoms with van der Waals surface area (Å²) >= 11 is 0. The average molecular weight is 385 g/mol. The molecule has 3 heterocycles. The number of aromatic nitrogens is 2. The van der Waals surface area contributed by atoms with Gasteiger partial charge < -0.3 is 23.5 Å². The number of fused-ring (bicyclic) bond motifs is 1. The molecule has 2 saturated heterocycles. The van der Waals surface area contributed by atoms with E-state index in [9.17, 15) is 4.79 Å². The van der Waals surface area contributed by atoms with E-state index in [0.717, 1.165) is 35.9 Å². The number of imidazole rings is 1. The number of rotatable bonds is 2. The van der Waals surface area contributed by atoms with Crippen molar-refractivity contribution in [3.8, 4) is 0 Å². The summed E-state index contributed by atoms with van der Waals surface area (Å²) in [5, 5.41) is 0. The zero-order valence-electron chi connectivity index (χ0n) is 17.3. The molecule has 1 atom stereocenters. The van der Waals surface area contributed by atoms with Crippen LogP contribution in [0.5, 0.6) is 0 Å². The molecule has 0 aliphatic carbocycles. The summed E-state index contributed by atoms with van der Waals surface area (Å²) in [5.74, 6) is 0. The summed E-state index contributed by atoms with van der Waals surface area (Å²) in [4.78, 5) is 18.3. The van der Waals surface area contributed by atoms with Crippen molar-refractivity contribution in [1.29, 1.82) is 0 Å². The Labute approximate surface area is 166 Å². The first kappa shape index (κ1) is 19.3. The zero-order valence-corrected chi connectivity index (χ0v) is 17.3. The summed E-state index contributed by atoms with van der Waals surface area (Å²) in [6, 6.07) is 6.30. The molecule has 2 aromatic rings. The van der Waals surface area contributed by atoms with Crippen LogP contribution >= 0.6 is 0 Å². The predicted molar refractivity (Wildman–Crippen MR) is 108 cm³/mol. The molecule has 8 heteroatoms. The van der Waals surface area contributed by atoms with Crippen LogP contribution in [0.2, 0.25) is 0 Å². The largest absolute Gasteiger partial charge is 0.494 e. The van der Waals surface area contributed by atoms with E-state index in [0.29, 0.717) is 6.54 Å². The van der Waals surface area contributed by atoms with E-state index in [1.807, 2.05) is 18.5 Å². The molecule has 150 valence electrons. The molecule has 28 heavy (non-hydrogen) atoms. The Hall–Kier alpha value is -2.06. The molecule has 0 N–H and O–H groups in total. The number of ether oxygens (including phenoxy) is 1. The fourth-order valence-electron chi connectivity index (χ4n) is 3.94. The van der Waals surface area contributed by atoms with Crippen molar-refractivity contribution in [2.24, 2.45) is 0 Å². The van der Waals surface area contributed by atoms with Crippen molar-refractivity contribution in [2.75, 3.05) is 20.2 Å². The molecule has 2 aliphatic heterocycles. The van der Waals surface area contributed by atoms with Gasteiger partial charge in [0, 0.05) is 13.1 Å². The van der Waals surface area contributed by atoms with Gasteiger partial charge in [-0.3, -0.25) is 0 Å². The number of nitrogens with zero attached hydrogens (tertiary/aromatic N) is 3. The van der Waals surface area contributed by atoms with E-state index in [1.54, 1.807) is 4.90 Å². The highest BCUT2D eigenvalue weighted by Crippen LogP contribution is 2.36. The van der Waals surface area contributed by atoms with E-state index in [-0.39, 0.29) is 23.3 Å². The maximum Gasteiger partial charge on any atom is 0.494 e. The van der Waals surface area contributed by atoms with Crippen LogP contribution in [0.25, 0.3) is 11.0 Å². The molecule has 1 aromatic heterocycles. The first-order chi connectivity index (χ1) is 13.2. The fourth-order valence-corrected chi connectivity index (χ4v) is 3.94. The number of carbonyl (C=O) groups excluding carboxylic acids is 1. The number of methoxy groups -OCH3 is 1. The van der Waals surface area contributed by atoms with Gasteiger partial charge in [0.15, 0.2) is 0 Å². The van der Waals surface area contributed by atoms with Gasteiger partial charge in [0.1, 0.15) is 0 Å². The van der Waals surface area contributed by atoms with Crippen molar-refractivity contribution >= 4 is 29.7 Å². The molecule has 1 unspecified atom stereocenters. The van der Waals surface area contributed by atoms with Crippen LogP contribution in [0.4, 0.5) is 4.79 Å². The van der Waals surface area contributed by atoms with Gasteiger partial charge in [-0.1, -0.05) is 6.07 Å². The third-order valence-corrected chi connectivity index (χ3v) is 6.35. The third kappa shape index (κ3) is 3.18. The van der Waals surface area contributed by atoms with Crippen LogP contribution in [-0.2, 0) is 14.0 Å². The smallest absolute Gasteiger partial charge is 0.453 e. The number of carbonyl (C=O) groups is 1. The van der Waals surface area contributed by atoms with Crippen molar-refractivity contribution in [3.05, 3.63) is 24.5 Å². The Balaban J connectivity index is 1.63. The molecular weight excluding hydrogens is 357 g/mol. The Bertz CT molecular complexity index is 879. The highest BCUT2D eigenvalue weighted by Gasteiger charge is 2.51. The van der Waals surface area contributed by atoms with Crippen LogP contribution in [0.15, 0.2) is 24.5 Å². The number of benzene rings is 1. The van der Waals surface area contributed by atoms with Crippen LogP contribution in [0.3, 0.4) is 0 Å². The van der Waals surface area contributed by atoms with Gasteiger partial charge in [-0.25, -0.2) is 9.78 Å². The van der Waals surface area contributed by atoms with Gasteiger partial charge in [0.25, 0.3) is 0 Å². The lowest BCUT2D eigenvalue weighted by atomic mass is 9.79. The second-order valence-electron chi connectivity index (χ2n) is 8.70. The Morgan fingerprint density at radius 3 is 2.64 bits per heavy atom. The molecule has 1 aromatic carbocycles. The highest BCUT2D eigenvalue weighted by atomic mass is 16.7. The second-order valence-corrected chi connectivity index (χ2v) is 8.70. The van der Waals surface area contributed by atoms with Crippen LogP contribution in [0.1, 0.15) is 46.6 Å². The van der Waals surface area contributed by atoms with Crippen LogP contribution in [0, 0.1) is 0 Å². The topological polar surface area (TPSA) is 65.8 Å². The molecule has 0 radical (unpaired) electrons. The minimum Gasteiger partial charge on any atom is -0.453 e. The molecule has 7 nitrogen and oxygen atoms in total. The summed E-state index contributed by atoms with van der Waals surface area (Å²) in [6.07, 6.45) is 3.53. The number of hydrogen-bond acceptors (Lipinski definition) is 5. The summed E-state index contributed by atoms with van der Waals surface area (Å²) < 4.78 is 19.5. The van der Waals surface area contributed by atoms with Crippen molar-refractivity contribution in [3.63, 3.8) is 0 Å². The van der Waals surface area contributed by atoms with Crippen LogP contribution in [-0.4, -0.2) is 59.1 Å². The van der Waals surface area contributed by atoms with E-state index < -0.39 is 7.12 Å². The van der Waals surface area contributed by atoms with E-state index >= 15 is 0 Å². The fraction of sp³-hybridized carbons (Fsp3) is 0.600. The number of piperidine rings is 1. The lowest BCUT2D eigenvalue weighted by molar-refractivity contribution is 0.00578. The van der Waals surface area contributed by atoms with E-state index in [4.69, 9.17) is 14.0 Å². The van der Waals surface area contributed by atoms with Gasteiger partial charge in [0.2, 0.25) is 0 Å². The zero-order chi connectivity index (χ0) is 20.1. The number of hydrogen-bond donors (Lipinski definition) is 0. The van der Waals surface area contributed by atoms with Gasteiger partial charge >= 0.3 is 13.2 Å². The minimum atomic E-state index is -0.407. The van der Waals surface area contributed by atoms with Gasteiger partial charge in [-0.2, -0.15) is 0 Å². The maximum absolute atomic E-state index is 11.9. The molecule has 2 fully saturated rings. The van der Waals surface area contributed by atoms with Crippen molar-refractivity contribution in [1.82, 2.24) is 14.5 Å². The average Bonchev–Trinajstić information content (AvgIpc) is 3.18. The minimum absolute atomic E-state index is 0.173. The normalized spacial score (nSPS) is 24.0. The monoisotopic (exact) mass is 385 g/mol. The Morgan fingerprint density at radius 1 is 1.25 bits per heavy atom. The first-order valence-corrected chi connectivity index (χ1v) is 9.87. The first-order valence-electron chi connectivity index (χ1n) is 9.87. The van der Waals surface area contributed by atoms with E-state index in [2.05, 4.69) is 43.3 Å². The summed E-state index contributed by atoms with van der Waals surface area (Å²) in [7, 11) is 1.02. The van der Waals surface area contributed by atoms with E-state index in [1.165, 1.54) is 7.11 Å². The maximum atomic E-state index is 11.9. The predicted octanol–water partition coefficient (Wildman–Crippen LogP) is 2.74.